The average Bonchev–Trinajstić information content (AvgIpc) is 2.86. The van der Waals surface area contributed by atoms with Crippen LogP contribution in [0.4, 0.5) is 0 Å². The molecule has 19 heavy (non-hydrogen) atoms. The Morgan fingerprint density at radius 1 is 1.42 bits per heavy atom. The molecule has 0 radical (unpaired) electrons. The predicted octanol–water partition coefficient (Wildman–Crippen LogP) is -0.773. The van der Waals surface area contributed by atoms with Gasteiger partial charge in [0.2, 0.25) is 5.03 Å². The van der Waals surface area contributed by atoms with Crippen LogP contribution < -0.4 is 4.72 Å². The third-order valence-corrected chi connectivity index (χ3v) is 4.63. The Hall–Kier alpha value is -1.33. The van der Waals surface area contributed by atoms with Crippen molar-refractivity contribution in [2.24, 2.45) is 14.1 Å². The zero-order chi connectivity index (χ0) is 14.0. The summed E-state index contributed by atoms with van der Waals surface area (Å²) in [5.74, 6) is 0.576. The molecule has 104 valence electrons. The van der Waals surface area contributed by atoms with Crippen molar-refractivity contribution in [1.82, 2.24) is 34.5 Å². The van der Waals surface area contributed by atoms with Crippen LogP contribution in [-0.2, 0) is 30.5 Å². The van der Waals surface area contributed by atoms with Gasteiger partial charge in [0, 0.05) is 27.1 Å². The van der Waals surface area contributed by atoms with E-state index in [1.54, 1.807) is 18.1 Å². The van der Waals surface area contributed by atoms with E-state index < -0.39 is 10.0 Å². The molecule has 2 heterocycles. The fourth-order valence-electron chi connectivity index (χ4n) is 1.47. The van der Waals surface area contributed by atoms with Crippen molar-refractivity contribution in [2.45, 2.75) is 11.4 Å². The van der Waals surface area contributed by atoms with Crippen molar-refractivity contribution in [3.63, 3.8) is 0 Å². The minimum Gasteiger partial charge on any atom is -0.256 e. The number of aryl methyl sites for hydroxylation is 2. The summed E-state index contributed by atoms with van der Waals surface area (Å²) in [4.78, 5) is 4.01. The smallest absolute Gasteiger partial charge is 0.256 e. The highest BCUT2D eigenvalue weighted by Gasteiger charge is 2.23. The molecule has 2 aromatic heterocycles. The number of nitrogens with zero attached hydrogens (tertiary/aromatic N) is 6. The lowest BCUT2D eigenvalue weighted by Gasteiger charge is -2.05. The van der Waals surface area contributed by atoms with E-state index in [-0.39, 0.29) is 16.2 Å². The molecule has 1 N–H and O–H groups in total. The van der Waals surface area contributed by atoms with Crippen LogP contribution >= 0.6 is 15.9 Å². The number of halogens is 1. The molecule has 0 fully saturated rings. The molecule has 0 aliphatic heterocycles. The van der Waals surface area contributed by atoms with E-state index in [9.17, 15) is 8.42 Å². The second-order valence-electron chi connectivity index (χ2n) is 3.79. The molecule has 0 aliphatic rings. The summed E-state index contributed by atoms with van der Waals surface area (Å²) < 4.78 is 29.5. The van der Waals surface area contributed by atoms with Gasteiger partial charge in [-0.05, 0) is 15.9 Å². The minimum atomic E-state index is -3.66. The molecule has 0 spiro atoms. The monoisotopic (exact) mass is 349 g/mol. The van der Waals surface area contributed by atoms with Crippen molar-refractivity contribution in [3.05, 3.63) is 16.8 Å². The summed E-state index contributed by atoms with van der Waals surface area (Å²) >= 11 is 3.05. The first-order valence-electron chi connectivity index (χ1n) is 5.29. The van der Waals surface area contributed by atoms with Crippen LogP contribution in [0.1, 0.15) is 5.82 Å². The number of sulfonamides is 1. The van der Waals surface area contributed by atoms with Gasteiger partial charge < -0.3 is 0 Å². The summed E-state index contributed by atoms with van der Waals surface area (Å²) in [7, 11) is -0.407. The molecule has 0 amide bonds. The normalized spacial score (nSPS) is 11.9. The van der Waals surface area contributed by atoms with Crippen molar-refractivity contribution in [1.29, 1.82) is 0 Å². The van der Waals surface area contributed by atoms with Crippen molar-refractivity contribution in [2.75, 3.05) is 6.54 Å². The number of rotatable bonds is 5. The zero-order valence-electron chi connectivity index (χ0n) is 10.3. The number of hydrogen-bond acceptors (Lipinski definition) is 6. The van der Waals surface area contributed by atoms with Crippen LogP contribution in [-0.4, -0.2) is 44.7 Å². The number of hydrogen-bond donors (Lipinski definition) is 1. The maximum absolute atomic E-state index is 12.0. The molecular formula is C8H12BrN7O2S. The van der Waals surface area contributed by atoms with Gasteiger partial charge in [-0.3, -0.25) is 4.68 Å². The summed E-state index contributed by atoms with van der Waals surface area (Å²) in [5.41, 5.74) is 0. The second kappa shape index (κ2) is 5.35. The molecule has 11 heteroatoms. The second-order valence-corrected chi connectivity index (χ2v) is 6.22. The Kier molecular flexibility index (Phi) is 3.96. The van der Waals surface area contributed by atoms with Crippen LogP contribution in [0.25, 0.3) is 0 Å². The number of aromatic nitrogens is 6. The van der Waals surface area contributed by atoms with Gasteiger partial charge in [0.15, 0.2) is 10.4 Å². The van der Waals surface area contributed by atoms with Gasteiger partial charge in [-0.2, -0.15) is 5.10 Å². The molecule has 0 saturated heterocycles. The van der Waals surface area contributed by atoms with Crippen LogP contribution in [0.15, 0.2) is 16.0 Å². The first-order chi connectivity index (χ1) is 8.90. The lowest BCUT2D eigenvalue weighted by molar-refractivity contribution is 0.559. The van der Waals surface area contributed by atoms with Crippen molar-refractivity contribution < 1.29 is 8.42 Å². The Labute approximate surface area is 118 Å². The Balaban J connectivity index is 2.03. The topological polar surface area (TPSA) is 108 Å². The quantitative estimate of drug-likeness (QED) is 0.759. The first kappa shape index (κ1) is 14.1. The lowest BCUT2D eigenvalue weighted by Crippen LogP contribution is -2.28. The largest absolute Gasteiger partial charge is 0.260 e. The van der Waals surface area contributed by atoms with Gasteiger partial charge in [0.25, 0.3) is 10.0 Å². The van der Waals surface area contributed by atoms with Gasteiger partial charge >= 0.3 is 0 Å². The Bertz CT molecular complexity index is 658. The Morgan fingerprint density at radius 2 is 2.16 bits per heavy atom. The average molecular weight is 350 g/mol. The van der Waals surface area contributed by atoms with Gasteiger partial charge in [0.1, 0.15) is 6.33 Å². The van der Waals surface area contributed by atoms with E-state index in [0.717, 1.165) is 0 Å². The van der Waals surface area contributed by atoms with Crippen LogP contribution in [0, 0.1) is 0 Å². The summed E-state index contributed by atoms with van der Waals surface area (Å²) in [5, 5.41) is 11.3. The van der Waals surface area contributed by atoms with E-state index in [1.807, 2.05) is 0 Å². The van der Waals surface area contributed by atoms with Gasteiger partial charge in [-0.25, -0.2) is 22.8 Å². The van der Waals surface area contributed by atoms with E-state index in [0.29, 0.717) is 12.2 Å². The van der Waals surface area contributed by atoms with Crippen LogP contribution in [0.3, 0.4) is 0 Å². The van der Waals surface area contributed by atoms with E-state index in [1.165, 1.54) is 11.7 Å². The third kappa shape index (κ3) is 3.16. The molecule has 0 aromatic carbocycles. The summed E-state index contributed by atoms with van der Waals surface area (Å²) in [6.07, 6.45) is 1.97. The maximum Gasteiger partial charge on any atom is 0.260 e. The van der Waals surface area contributed by atoms with E-state index in [4.69, 9.17) is 0 Å². The maximum atomic E-state index is 12.0. The predicted molar refractivity (Wildman–Crippen MR) is 68.6 cm³/mol. The minimum absolute atomic E-state index is 0.0125. The molecule has 9 nitrogen and oxygen atoms in total. The zero-order valence-corrected chi connectivity index (χ0v) is 12.7. The fraction of sp³-hybridized carbons (Fsp3) is 0.500. The van der Waals surface area contributed by atoms with E-state index in [2.05, 4.69) is 41.0 Å². The van der Waals surface area contributed by atoms with Gasteiger partial charge in [-0.15, -0.1) is 5.10 Å². The highest BCUT2D eigenvalue weighted by molar-refractivity contribution is 9.10. The van der Waals surface area contributed by atoms with Crippen molar-refractivity contribution >= 4 is 26.0 Å². The number of nitrogens with one attached hydrogen (secondary N) is 1. The molecule has 0 bridgehead atoms. The SMILES string of the molecule is Cn1cnc(CCNS(=O)(=O)c2c(Br)nnn2C)n1. The molecular weight excluding hydrogens is 338 g/mol. The van der Waals surface area contributed by atoms with Crippen LogP contribution in [0.2, 0.25) is 0 Å². The van der Waals surface area contributed by atoms with E-state index >= 15 is 0 Å². The first-order valence-corrected chi connectivity index (χ1v) is 7.57. The summed E-state index contributed by atoms with van der Waals surface area (Å²) in [6.45, 7) is 0.198. The molecule has 0 aliphatic carbocycles. The summed E-state index contributed by atoms with van der Waals surface area (Å²) in [6, 6.07) is 0. The molecule has 0 atom stereocenters. The Morgan fingerprint density at radius 3 is 2.68 bits per heavy atom. The van der Waals surface area contributed by atoms with Gasteiger partial charge in [0.05, 0.1) is 0 Å². The highest BCUT2D eigenvalue weighted by atomic mass is 79.9. The lowest BCUT2D eigenvalue weighted by atomic mass is 10.4. The molecule has 2 rings (SSSR count). The van der Waals surface area contributed by atoms with Gasteiger partial charge in [-0.1, -0.05) is 5.21 Å². The van der Waals surface area contributed by atoms with Crippen molar-refractivity contribution in [3.8, 4) is 0 Å². The fourth-order valence-corrected chi connectivity index (χ4v) is 3.59. The molecule has 0 unspecified atom stereocenters. The van der Waals surface area contributed by atoms with Crippen LogP contribution in [0.5, 0.6) is 0 Å². The molecule has 2 aromatic rings. The molecule has 0 saturated carbocycles. The highest BCUT2D eigenvalue weighted by Crippen LogP contribution is 2.17. The third-order valence-electron chi connectivity index (χ3n) is 2.28. The standard InChI is InChI=1S/C8H12BrN7O2S/c1-15-5-10-6(13-15)3-4-11-19(17,18)8-7(9)12-14-16(8)2/h5,11H,3-4H2,1-2H3.